The minimum atomic E-state index is -0.184. The summed E-state index contributed by atoms with van der Waals surface area (Å²) in [5, 5.41) is 0.585. The van der Waals surface area contributed by atoms with Gasteiger partial charge in [0, 0.05) is 12.2 Å². The Bertz CT molecular complexity index is 287. The number of oxazole rings is 1. The number of hydrogen-bond donors (Lipinski definition) is 2. The molecule has 1 aromatic rings. The average molecular weight is 201 g/mol. The van der Waals surface area contributed by atoms with Gasteiger partial charge in [-0.3, -0.25) is 10.2 Å². The summed E-state index contributed by atoms with van der Waals surface area (Å²) in [6.07, 6.45) is 1.94. The molecule has 0 saturated carbocycles. The van der Waals surface area contributed by atoms with E-state index in [-0.39, 0.29) is 5.91 Å². The number of hydrogen-bond acceptors (Lipinski definition) is 5. The van der Waals surface area contributed by atoms with Gasteiger partial charge in [-0.2, -0.15) is 0 Å². The molecule has 0 spiro atoms. The summed E-state index contributed by atoms with van der Waals surface area (Å²) >= 11 is 1.39. The molecule has 0 bridgehead atoms. The molecule has 0 aliphatic heterocycles. The van der Waals surface area contributed by atoms with Gasteiger partial charge in [0.2, 0.25) is 5.91 Å². The largest absolute Gasteiger partial charge is 0.440 e. The maximum absolute atomic E-state index is 10.7. The molecular weight excluding hydrogens is 190 g/mol. The Morgan fingerprint density at radius 2 is 2.62 bits per heavy atom. The van der Waals surface area contributed by atoms with Crippen LogP contribution in [0.4, 0.5) is 0 Å². The van der Waals surface area contributed by atoms with Crippen LogP contribution in [0.1, 0.15) is 12.1 Å². The van der Waals surface area contributed by atoms with Crippen LogP contribution >= 0.6 is 11.8 Å². The minimum absolute atomic E-state index is 0.184. The Balaban J connectivity index is 2.24. The number of rotatable bonds is 4. The van der Waals surface area contributed by atoms with Crippen LogP contribution in [0, 0.1) is 6.92 Å². The number of carbonyl (C=O) groups excluding carboxylic acids is 1. The molecule has 0 aromatic carbocycles. The van der Waals surface area contributed by atoms with Crippen LogP contribution in [-0.2, 0) is 4.79 Å². The Morgan fingerprint density at radius 3 is 3.15 bits per heavy atom. The minimum Gasteiger partial charge on any atom is -0.440 e. The Morgan fingerprint density at radius 1 is 1.85 bits per heavy atom. The highest BCUT2D eigenvalue weighted by molar-refractivity contribution is 7.99. The van der Waals surface area contributed by atoms with E-state index in [1.165, 1.54) is 11.8 Å². The van der Waals surface area contributed by atoms with Gasteiger partial charge >= 0.3 is 0 Å². The Kier molecular flexibility index (Phi) is 3.78. The third-order valence-electron chi connectivity index (χ3n) is 1.31. The highest BCUT2D eigenvalue weighted by atomic mass is 32.2. The molecular formula is C7H11N3O2S. The van der Waals surface area contributed by atoms with Crippen LogP contribution in [0.25, 0.3) is 0 Å². The van der Waals surface area contributed by atoms with Crippen LogP contribution in [0.5, 0.6) is 0 Å². The van der Waals surface area contributed by atoms with E-state index >= 15 is 0 Å². The number of thioether (sulfide) groups is 1. The highest BCUT2D eigenvalue weighted by Gasteiger charge is 2.03. The van der Waals surface area contributed by atoms with Crippen molar-refractivity contribution in [3.05, 3.63) is 12.0 Å². The average Bonchev–Trinajstić information content (AvgIpc) is 2.51. The van der Waals surface area contributed by atoms with E-state index in [2.05, 4.69) is 10.4 Å². The van der Waals surface area contributed by atoms with E-state index in [0.717, 1.165) is 5.69 Å². The molecule has 72 valence electrons. The topological polar surface area (TPSA) is 81.2 Å². The fourth-order valence-electron chi connectivity index (χ4n) is 0.702. The zero-order valence-electron chi connectivity index (χ0n) is 7.24. The van der Waals surface area contributed by atoms with Crippen molar-refractivity contribution in [2.24, 2.45) is 5.84 Å². The monoisotopic (exact) mass is 201 g/mol. The van der Waals surface area contributed by atoms with Gasteiger partial charge in [-0.15, -0.1) is 0 Å². The third kappa shape index (κ3) is 3.47. The Labute approximate surface area is 80.0 Å². The molecule has 1 aromatic heterocycles. The summed E-state index contributed by atoms with van der Waals surface area (Å²) < 4.78 is 5.07. The van der Waals surface area contributed by atoms with Crippen molar-refractivity contribution in [3.8, 4) is 0 Å². The van der Waals surface area contributed by atoms with Gasteiger partial charge < -0.3 is 4.42 Å². The summed E-state index contributed by atoms with van der Waals surface area (Å²) in [6, 6.07) is 0. The van der Waals surface area contributed by atoms with Crippen LogP contribution in [0.15, 0.2) is 15.9 Å². The lowest BCUT2D eigenvalue weighted by Gasteiger charge is -1.96. The lowest BCUT2D eigenvalue weighted by molar-refractivity contribution is -0.120. The van der Waals surface area contributed by atoms with Crippen LogP contribution in [-0.4, -0.2) is 16.6 Å². The smallest absolute Gasteiger partial charge is 0.255 e. The van der Waals surface area contributed by atoms with E-state index in [9.17, 15) is 4.79 Å². The zero-order chi connectivity index (χ0) is 9.68. The van der Waals surface area contributed by atoms with Crippen molar-refractivity contribution >= 4 is 17.7 Å². The molecule has 0 atom stereocenters. The maximum Gasteiger partial charge on any atom is 0.255 e. The van der Waals surface area contributed by atoms with Gasteiger partial charge in [0.15, 0.2) is 0 Å². The fraction of sp³-hybridized carbons (Fsp3) is 0.429. The van der Waals surface area contributed by atoms with Crippen molar-refractivity contribution < 1.29 is 9.21 Å². The standard InChI is InChI=1S/C7H11N3O2S/c1-5-4-12-7(9-5)13-3-2-6(11)10-8/h4H,2-3,8H2,1H3,(H,10,11). The summed E-state index contributed by atoms with van der Waals surface area (Å²) in [7, 11) is 0. The van der Waals surface area contributed by atoms with E-state index < -0.39 is 0 Å². The first-order valence-corrected chi connectivity index (χ1v) is 4.75. The van der Waals surface area contributed by atoms with Crippen LogP contribution < -0.4 is 11.3 Å². The predicted octanol–water partition coefficient (Wildman–Crippen LogP) is 0.455. The van der Waals surface area contributed by atoms with Crippen molar-refractivity contribution in [1.82, 2.24) is 10.4 Å². The number of carbonyl (C=O) groups is 1. The third-order valence-corrected chi connectivity index (χ3v) is 2.16. The van der Waals surface area contributed by atoms with Crippen LogP contribution in [0.2, 0.25) is 0 Å². The summed E-state index contributed by atoms with van der Waals surface area (Å²) in [5.41, 5.74) is 2.89. The van der Waals surface area contributed by atoms with E-state index in [1.54, 1.807) is 6.26 Å². The Hall–Kier alpha value is -1.01. The molecule has 0 unspecified atom stereocenters. The lowest BCUT2D eigenvalue weighted by atomic mass is 10.5. The quantitative estimate of drug-likeness (QED) is 0.320. The molecule has 13 heavy (non-hydrogen) atoms. The highest BCUT2D eigenvalue weighted by Crippen LogP contribution is 2.17. The molecule has 0 aliphatic carbocycles. The first-order chi connectivity index (χ1) is 6.22. The van der Waals surface area contributed by atoms with Gasteiger partial charge in [-0.05, 0) is 6.92 Å². The second-order valence-electron chi connectivity index (χ2n) is 2.42. The van der Waals surface area contributed by atoms with Gasteiger partial charge in [0.1, 0.15) is 6.26 Å². The lowest BCUT2D eigenvalue weighted by Crippen LogP contribution is -2.30. The number of nitrogens with one attached hydrogen (secondary N) is 1. The molecule has 1 rings (SSSR count). The van der Waals surface area contributed by atoms with Gasteiger partial charge in [-0.25, -0.2) is 10.8 Å². The molecule has 1 heterocycles. The van der Waals surface area contributed by atoms with E-state index in [0.29, 0.717) is 17.4 Å². The number of aromatic nitrogens is 1. The molecule has 0 radical (unpaired) electrons. The van der Waals surface area contributed by atoms with Crippen molar-refractivity contribution in [2.75, 3.05) is 5.75 Å². The molecule has 0 saturated heterocycles. The molecule has 0 fully saturated rings. The number of nitrogens with two attached hydrogens (primary N) is 1. The fourth-order valence-corrected chi connectivity index (χ4v) is 1.49. The number of amides is 1. The second kappa shape index (κ2) is 4.88. The van der Waals surface area contributed by atoms with Crippen LogP contribution in [0.3, 0.4) is 0 Å². The van der Waals surface area contributed by atoms with Gasteiger partial charge in [0.25, 0.3) is 5.22 Å². The maximum atomic E-state index is 10.7. The first kappa shape index (κ1) is 10.1. The van der Waals surface area contributed by atoms with E-state index in [4.69, 9.17) is 10.3 Å². The predicted molar refractivity (Wildman–Crippen MR) is 48.9 cm³/mol. The molecule has 5 nitrogen and oxygen atoms in total. The van der Waals surface area contributed by atoms with Crippen molar-refractivity contribution in [3.63, 3.8) is 0 Å². The first-order valence-electron chi connectivity index (χ1n) is 3.76. The zero-order valence-corrected chi connectivity index (χ0v) is 8.06. The number of nitrogens with zero attached hydrogens (tertiary/aromatic N) is 1. The van der Waals surface area contributed by atoms with Gasteiger partial charge in [-0.1, -0.05) is 11.8 Å². The molecule has 0 aliphatic rings. The van der Waals surface area contributed by atoms with Crippen molar-refractivity contribution in [2.45, 2.75) is 18.6 Å². The SMILES string of the molecule is Cc1coc(SCCC(=O)NN)n1. The van der Waals surface area contributed by atoms with Crippen molar-refractivity contribution in [1.29, 1.82) is 0 Å². The molecule has 6 heteroatoms. The van der Waals surface area contributed by atoms with E-state index in [1.807, 2.05) is 6.92 Å². The normalized spacial score (nSPS) is 10.0. The summed E-state index contributed by atoms with van der Waals surface area (Å²) in [4.78, 5) is 14.8. The van der Waals surface area contributed by atoms with Gasteiger partial charge in [0.05, 0.1) is 5.69 Å². The molecule has 3 N–H and O–H groups in total. The second-order valence-corrected chi connectivity index (χ2v) is 3.47. The summed E-state index contributed by atoms with van der Waals surface area (Å²) in [5.74, 6) is 5.34. The number of aryl methyl sites for hydroxylation is 1. The molecule has 1 amide bonds. The number of hydrazine groups is 1. The summed E-state index contributed by atoms with van der Waals surface area (Å²) in [6.45, 7) is 1.85.